The van der Waals surface area contributed by atoms with Crippen LogP contribution in [0.2, 0.25) is 0 Å². The molecule has 8 heteroatoms. The molecule has 1 saturated heterocycles. The van der Waals surface area contributed by atoms with Crippen molar-refractivity contribution in [1.82, 2.24) is 15.0 Å². The molecule has 0 amide bonds. The molecule has 0 radical (unpaired) electrons. The Balaban J connectivity index is 1.94. The summed E-state index contributed by atoms with van der Waals surface area (Å²) in [5, 5.41) is 17.8. The molecule has 2 heterocycles. The van der Waals surface area contributed by atoms with Gasteiger partial charge in [-0.1, -0.05) is 18.2 Å². The van der Waals surface area contributed by atoms with E-state index in [-0.39, 0.29) is 23.2 Å². The van der Waals surface area contributed by atoms with Crippen molar-refractivity contribution in [3.8, 4) is 11.8 Å². The summed E-state index contributed by atoms with van der Waals surface area (Å²) in [7, 11) is -1.24. The topological polar surface area (TPSA) is 91.9 Å². The first-order valence-electron chi connectivity index (χ1n) is 6.86. The molecule has 0 aliphatic carbocycles. The van der Waals surface area contributed by atoms with Gasteiger partial charge in [-0.05, 0) is 18.6 Å². The summed E-state index contributed by atoms with van der Waals surface area (Å²) in [6.45, 7) is 0. The van der Waals surface area contributed by atoms with Crippen LogP contribution in [-0.4, -0.2) is 48.0 Å². The summed E-state index contributed by atoms with van der Waals surface area (Å²) in [6, 6.07) is 11.1. The highest BCUT2D eigenvalue weighted by Crippen LogP contribution is 2.24. The Morgan fingerprint density at radius 1 is 1.32 bits per heavy atom. The highest BCUT2D eigenvalue weighted by atomic mass is 32.2. The molecule has 114 valence electrons. The van der Waals surface area contributed by atoms with Gasteiger partial charge < -0.3 is 4.90 Å². The Labute approximate surface area is 128 Å². The molecule has 22 heavy (non-hydrogen) atoms. The van der Waals surface area contributed by atoms with E-state index in [1.54, 1.807) is 11.9 Å². The van der Waals surface area contributed by atoms with Crippen molar-refractivity contribution in [1.29, 1.82) is 5.26 Å². The molecule has 1 fully saturated rings. The predicted molar refractivity (Wildman–Crippen MR) is 81.5 cm³/mol. The third-order valence-electron chi connectivity index (χ3n) is 3.78. The Kier molecular flexibility index (Phi) is 3.58. The van der Waals surface area contributed by atoms with Gasteiger partial charge in [0.15, 0.2) is 15.7 Å². The first-order valence-corrected chi connectivity index (χ1v) is 8.68. The van der Waals surface area contributed by atoms with Crippen molar-refractivity contribution in [2.45, 2.75) is 12.5 Å². The van der Waals surface area contributed by atoms with E-state index < -0.39 is 9.84 Å². The van der Waals surface area contributed by atoms with Crippen LogP contribution in [0.15, 0.2) is 30.3 Å². The maximum atomic E-state index is 11.6. The Hall–Kier alpha value is -2.40. The number of aromatic nitrogens is 3. The molecule has 1 aliphatic rings. The Bertz CT molecular complexity index is 823. The number of anilines is 1. The Morgan fingerprint density at radius 3 is 2.64 bits per heavy atom. The molecule has 3 rings (SSSR count). The second-order valence-electron chi connectivity index (χ2n) is 5.28. The van der Waals surface area contributed by atoms with Gasteiger partial charge >= 0.3 is 0 Å². The zero-order valence-corrected chi connectivity index (χ0v) is 12.9. The molecular weight excluding hydrogens is 302 g/mol. The quantitative estimate of drug-likeness (QED) is 0.830. The van der Waals surface area contributed by atoms with E-state index in [9.17, 15) is 13.7 Å². The fourth-order valence-electron chi connectivity index (χ4n) is 2.54. The van der Waals surface area contributed by atoms with Gasteiger partial charge in [-0.15, -0.1) is 15.0 Å². The number of sulfone groups is 1. The SMILES string of the molecule is CN(c1nn(-c2ccccc2)nc1C#N)C1CCS(=O)(=O)C1. The van der Waals surface area contributed by atoms with Crippen molar-refractivity contribution in [2.24, 2.45) is 0 Å². The predicted octanol–water partition coefficient (Wildman–Crippen LogP) is 0.762. The molecule has 1 atom stereocenters. The van der Waals surface area contributed by atoms with Crippen LogP contribution in [0, 0.1) is 11.3 Å². The zero-order chi connectivity index (χ0) is 15.7. The van der Waals surface area contributed by atoms with Crippen LogP contribution in [0.1, 0.15) is 12.1 Å². The van der Waals surface area contributed by atoms with E-state index in [1.807, 2.05) is 36.4 Å². The van der Waals surface area contributed by atoms with Crippen molar-refractivity contribution in [3.63, 3.8) is 0 Å². The summed E-state index contributed by atoms with van der Waals surface area (Å²) in [5.74, 6) is 0.678. The zero-order valence-electron chi connectivity index (χ0n) is 12.0. The smallest absolute Gasteiger partial charge is 0.207 e. The first-order chi connectivity index (χ1) is 10.5. The molecule has 0 N–H and O–H groups in total. The van der Waals surface area contributed by atoms with Crippen LogP contribution in [-0.2, 0) is 9.84 Å². The average molecular weight is 317 g/mol. The first kappa shape index (κ1) is 14.5. The van der Waals surface area contributed by atoms with Crippen LogP contribution in [0.5, 0.6) is 0 Å². The number of nitriles is 1. The average Bonchev–Trinajstić information content (AvgIpc) is 3.10. The number of para-hydroxylation sites is 1. The summed E-state index contributed by atoms with van der Waals surface area (Å²) >= 11 is 0. The highest BCUT2D eigenvalue weighted by Gasteiger charge is 2.33. The summed E-state index contributed by atoms with van der Waals surface area (Å²) in [5.41, 5.74) is 0.938. The third-order valence-corrected chi connectivity index (χ3v) is 5.53. The van der Waals surface area contributed by atoms with Gasteiger partial charge in [-0.3, -0.25) is 0 Å². The summed E-state index contributed by atoms with van der Waals surface area (Å²) in [4.78, 5) is 3.14. The fourth-order valence-corrected chi connectivity index (χ4v) is 4.31. The van der Waals surface area contributed by atoms with Gasteiger partial charge in [0.25, 0.3) is 0 Å². The Morgan fingerprint density at radius 2 is 2.05 bits per heavy atom. The second-order valence-corrected chi connectivity index (χ2v) is 7.51. The van der Waals surface area contributed by atoms with Gasteiger partial charge in [0.05, 0.1) is 17.2 Å². The van der Waals surface area contributed by atoms with E-state index in [0.29, 0.717) is 12.2 Å². The van der Waals surface area contributed by atoms with E-state index in [2.05, 4.69) is 10.2 Å². The molecule has 0 spiro atoms. The normalized spacial score (nSPS) is 19.7. The van der Waals surface area contributed by atoms with Crippen LogP contribution in [0.4, 0.5) is 5.82 Å². The molecule has 0 saturated carbocycles. The van der Waals surface area contributed by atoms with Crippen LogP contribution < -0.4 is 4.90 Å². The van der Waals surface area contributed by atoms with E-state index in [1.165, 1.54) is 4.80 Å². The summed E-state index contributed by atoms with van der Waals surface area (Å²) < 4.78 is 23.2. The number of benzene rings is 1. The molecule has 1 unspecified atom stereocenters. The fraction of sp³-hybridized carbons (Fsp3) is 0.357. The summed E-state index contributed by atoms with van der Waals surface area (Å²) in [6.07, 6.45) is 0.544. The number of hydrogen-bond acceptors (Lipinski definition) is 6. The minimum absolute atomic E-state index is 0.0898. The number of hydrogen-bond donors (Lipinski definition) is 0. The van der Waals surface area contributed by atoms with Crippen LogP contribution in [0.3, 0.4) is 0 Å². The van der Waals surface area contributed by atoms with Gasteiger partial charge in [-0.2, -0.15) is 5.26 Å². The maximum Gasteiger partial charge on any atom is 0.207 e. The monoisotopic (exact) mass is 317 g/mol. The largest absolute Gasteiger partial charge is 0.352 e. The molecular formula is C14H15N5O2S. The van der Waals surface area contributed by atoms with Crippen LogP contribution in [0.25, 0.3) is 5.69 Å². The minimum atomic E-state index is -2.99. The molecule has 0 bridgehead atoms. The maximum absolute atomic E-state index is 11.6. The second kappa shape index (κ2) is 5.42. The van der Waals surface area contributed by atoms with Crippen molar-refractivity contribution in [3.05, 3.63) is 36.0 Å². The minimum Gasteiger partial charge on any atom is -0.352 e. The van der Waals surface area contributed by atoms with Crippen LogP contribution >= 0.6 is 0 Å². The standard InChI is InChI=1S/C14H15N5O2S/c1-18(12-7-8-22(20,21)10-12)14-13(9-15)16-19(17-14)11-5-3-2-4-6-11/h2-6,12H,7-8,10H2,1H3. The lowest BCUT2D eigenvalue weighted by atomic mass is 10.2. The lowest BCUT2D eigenvalue weighted by Crippen LogP contribution is -2.33. The van der Waals surface area contributed by atoms with E-state index in [0.717, 1.165) is 5.69 Å². The molecule has 1 aliphatic heterocycles. The van der Waals surface area contributed by atoms with E-state index in [4.69, 9.17) is 0 Å². The van der Waals surface area contributed by atoms with Crippen molar-refractivity contribution >= 4 is 15.7 Å². The van der Waals surface area contributed by atoms with Gasteiger partial charge in [0.1, 0.15) is 6.07 Å². The lowest BCUT2D eigenvalue weighted by molar-refractivity contribution is 0.600. The number of rotatable bonds is 3. The number of nitrogens with zero attached hydrogens (tertiary/aromatic N) is 5. The van der Waals surface area contributed by atoms with Crippen molar-refractivity contribution in [2.75, 3.05) is 23.5 Å². The molecule has 1 aromatic carbocycles. The van der Waals surface area contributed by atoms with Gasteiger partial charge in [-0.25, -0.2) is 8.42 Å². The van der Waals surface area contributed by atoms with E-state index >= 15 is 0 Å². The molecule has 7 nitrogen and oxygen atoms in total. The lowest BCUT2D eigenvalue weighted by Gasteiger charge is -2.22. The van der Waals surface area contributed by atoms with Crippen molar-refractivity contribution < 1.29 is 8.42 Å². The third kappa shape index (κ3) is 2.67. The van der Waals surface area contributed by atoms with Gasteiger partial charge in [0.2, 0.25) is 5.69 Å². The van der Waals surface area contributed by atoms with Gasteiger partial charge in [0, 0.05) is 13.1 Å². The molecule has 1 aromatic heterocycles. The molecule has 2 aromatic rings. The highest BCUT2D eigenvalue weighted by molar-refractivity contribution is 7.91.